The molecule has 112 valence electrons. The Balaban J connectivity index is 1.91. The van der Waals surface area contributed by atoms with E-state index in [0.717, 1.165) is 18.8 Å². The minimum absolute atomic E-state index is 0.191. The number of pyridine rings is 1. The molecule has 1 heterocycles. The zero-order chi connectivity index (χ0) is 15.2. The van der Waals surface area contributed by atoms with Gasteiger partial charge in [-0.25, -0.2) is 4.39 Å². The van der Waals surface area contributed by atoms with Crippen LogP contribution >= 0.6 is 0 Å². The van der Waals surface area contributed by atoms with Crippen LogP contribution in [0.4, 0.5) is 4.39 Å². The summed E-state index contributed by atoms with van der Waals surface area (Å²) in [6, 6.07) is 13.2. The van der Waals surface area contributed by atoms with Crippen LogP contribution in [0.25, 0.3) is 0 Å². The molecule has 2 rings (SSSR count). The Morgan fingerprint density at radius 1 is 1.19 bits per heavy atom. The number of hydrogen-bond acceptors (Lipinski definition) is 3. The first-order chi connectivity index (χ1) is 10.1. The van der Waals surface area contributed by atoms with Gasteiger partial charge >= 0.3 is 0 Å². The molecule has 2 unspecified atom stereocenters. The molecule has 0 radical (unpaired) electrons. The van der Waals surface area contributed by atoms with E-state index < -0.39 is 0 Å². The Kier molecular flexibility index (Phi) is 5.42. The standard InChI is InChI=1S/C17H22FN3/c1-13(17(19)16-9-8-15(18)10-20-16)11-21(2)12-14-6-4-3-5-7-14/h3-10,13,17H,11-12,19H2,1-2H3. The van der Waals surface area contributed by atoms with Crippen LogP contribution in [0.3, 0.4) is 0 Å². The van der Waals surface area contributed by atoms with Crippen molar-refractivity contribution in [1.82, 2.24) is 9.88 Å². The highest BCUT2D eigenvalue weighted by molar-refractivity contribution is 5.14. The van der Waals surface area contributed by atoms with Crippen molar-refractivity contribution >= 4 is 0 Å². The lowest BCUT2D eigenvalue weighted by atomic mass is 9.98. The Morgan fingerprint density at radius 2 is 1.90 bits per heavy atom. The molecule has 0 amide bonds. The molecule has 2 N–H and O–H groups in total. The summed E-state index contributed by atoms with van der Waals surface area (Å²) in [5, 5.41) is 0. The van der Waals surface area contributed by atoms with Crippen LogP contribution in [0.15, 0.2) is 48.7 Å². The van der Waals surface area contributed by atoms with Crippen LogP contribution in [-0.2, 0) is 6.54 Å². The number of aromatic nitrogens is 1. The van der Waals surface area contributed by atoms with Gasteiger partial charge < -0.3 is 10.6 Å². The van der Waals surface area contributed by atoms with Gasteiger partial charge in [-0.3, -0.25) is 4.98 Å². The summed E-state index contributed by atoms with van der Waals surface area (Å²) in [7, 11) is 2.08. The lowest BCUT2D eigenvalue weighted by Gasteiger charge is -2.25. The van der Waals surface area contributed by atoms with Gasteiger partial charge in [-0.1, -0.05) is 37.3 Å². The average molecular weight is 287 g/mol. The van der Waals surface area contributed by atoms with Gasteiger partial charge in [0.2, 0.25) is 0 Å². The van der Waals surface area contributed by atoms with Crippen molar-refractivity contribution in [2.45, 2.75) is 19.5 Å². The van der Waals surface area contributed by atoms with Crippen LogP contribution < -0.4 is 5.73 Å². The molecular formula is C17H22FN3. The molecule has 0 aliphatic rings. The van der Waals surface area contributed by atoms with E-state index in [4.69, 9.17) is 5.73 Å². The predicted molar refractivity (Wildman–Crippen MR) is 83.1 cm³/mol. The van der Waals surface area contributed by atoms with Crippen LogP contribution in [0.1, 0.15) is 24.2 Å². The Bertz CT molecular complexity index is 542. The van der Waals surface area contributed by atoms with Gasteiger partial charge in [0, 0.05) is 13.1 Å². The maximum atomic E-state index is 12.9. The molecule has 0 fully saturated rings. The molecular weight excluding hydrogens is 265 g/mol. The van der Waals surface area contributed by atoms with Crippen molar-refractivity contribution in [2.75, 3.05) is 13.6 Å². The van der Waals surface area contributed by atoms with Crippen molar-refractivity contribution in [3.8, 4) is 0 Å². The Morgan fingerprint density at radius 3 is 2.52 bits per heavy atom. The molecule has 4 heteroatoms. The van der Waals surface area contributed by atoms with Gasteiger partial charge in [-0.05, 0) is 30.7 Å². The largest absolute Gasteiger partial charge is 0.322 e. The van der Waals surface area contributed by atoms with Crippen LogP contribution in [-0.4, -0.2) is 23.5 Å². The Hall–Kier alpha value is -1.78. The SMILES string of the molecule is CC(CN(C)Cc1ccccc1)C(N)c1ccc(F)cn1. The third-order valence-corrected chi connectivity index (χ3v) is 3.60. The van der Waals surface area contributed by atoms with E-state index in [2.05, 4.69) is 36.0 Å². The maximum absolute atomic E-state index is 12.9. The van der Waals surface area contributed by atoms with E-state index >= 15 is 0 Å². The average Bonchev–Trinajstić information content (AvgIpc) is 2.48. The molecule has 0 saturated heterocycles. The highest BCUT2D eigenvalue weighted by atomic mass is 19.1. The number of halogens is 1. The zero-order valence-electron chi connectivity index (χ0n) is 12.5. The summed E-state index contributed by atoms with van der Waals surface area (Å²) in [6.07, 6.45) is 1.22. The molecule has 0 spiro atoms. The summed E-state index contributed by atoms with van der Waals surface area (Å²) in [5.74, 6) is -0.100. The first kappa shape index (κ1) is 15.6. The molecule has 0 saturated carbocycles. The van der Waals surface area contributed by atoms with Gasteiger partial charge in [0.05, 0.1) is 17.9 Å². The number of rotatable bonds is 6. The molecule has 1 aromatic heterocycles. The van der Waals surface area contributed by atoms with Gasteiger partial charge in [0.15, 0.2) is 0 Å². The van der Waals surface area contributed by atoms with Gasteiger partial charge in [0.1, 0.15) is 5.82 Å². The summed E-state index contributed by atoms with van der Waals surface area (Å²) in [4.78, 5) is 6.31. The molecule has 0 bridgehead atoms. The van der Waals surface area contributed by atoms with Crippen LogP contribution in [0.2, 0.25) is 0 Å². The third-order valence-electron chi connectivity index (χ3n) is 3.60. The fourth-order valence-corrected chi connectivity index (χ4v) is 2.44. The van der Waals surface area contributed by atoms with Crippen molar-refractivity contribution in [1.29, 1.82) is 0 Å². The zero-order valence-corrected chi connectivity index (χ0v) is 12.5. The molecule has 21 heavy (non-hydrogen) atoms. The highest BCUT2D eigenvalue weighted by Crippen LogP contribution is 2.19. The number of hydrogen-bond donors (Lipinski definition) is 1. The van der Waals surface area contributed by atoms with Gasteiger partial charge in [0.25, 0.3) is 0 Å². The first-order valence-electron chi connectivity index (χ1n) is 7.15. The van der Waals surface area contributed by atoms with E-state index in [0.29, 0.717) is 0 Å². The lowest BCUT2D eigenvalue weighted by Crippen LogP contribution is -2.31. The first-order valence-corrected chi connectivity index (χ1v) is 7.15. The number of nitrogens with zero attached hydrogens (tertiary/aromatic N) is 2. The number of benzene rings is 1. The third kappa shape index (κ3) is 4.62. The van der Waals surface area contributed by atoms with Crippen LogP contribution in [0.5, 0.6) is 0 Å². The molecule has 1 aromatic carbocycles. The van der Waals surface area contributed by atoms with Crippen molar-refractivity contribution in [2.24, 2.45) is 11.7 Å². The molecule has 2 aromatic rings. The summed E-state index contributed by atoms with van der Waals surface area (Å²) < 4.78 is 12.9. The lowest BCUT2D eigenvalue weighted by molar-refractivity contribution is 0.256. The van der Waals surface area contributed by atoms with E-state index in [9.17, 15) is 4.39 Å². The monoisotopic (exact) mass is 287 g/mol. The number of nitrogens with two attached hydrogens (primary N) is 1. The molecule has 0 aliphatic heterocycles. The van der Waals surface area contributed by atoms with Crippen molar-refractivity contribution in [3.63, 3.8) is 0 Å². The molecule has 0 aliphatic carbocycles. The van der Waals surface area contributed by atoms with Crippen molar-refractivity contribution < 1.29 is 4.39 Å². The van der Waals surface area contributed by atoms with E-state index in [-0.39, 0.29) is 17.8 Å². The van der Waals surface area contributed by atoms with Crippen molar-refractivity contribution in [3.05, 3.63) is 65.7 Å². The van der Waals surface area contributed by atoms with E-state index in [1.54, 1.807) is 6.07 Å². The second-order valence-electron chi connectivity index (χ2n) is 5.59. The fourth-order valence-electron chi connectivity index (χ4n) is 2.44. The minimum Gasteiger partial charge on any atom is -0.322 e. The second kappa shape index (κ2) is 7.29. The predicted octanol–water partition coefficient (Wildman–Crippen LogP) is 2.99. The highest BCUT2D eigenvalue weighted by Gasteiger charge is 2.18. The smallest absolute Gasteiger partial charge is 0.141 e. The summed E-state index contributed by atoms with van der Waals surface area (Å²) >= 11 is 0. The van der Waals surface area contributed by atoms with E-state index in [1.807, 2.05) is 18.2 Å². The molecule has 3 nitrogen and oxygen atoms in total. The topological polar surface area (TPSA) is 42.1 Å². The quantitative estimate of drug-likeness (QED) is 0.888. The van der Waals surface area contributed by atoms with E-state index in [1.165, 1.54) is 17.8 Å². The maximum Gasteiger partial charge on any atom is 0.141 e. The Labute approximate surface area is 125 Å². The van der Waals surface area contributed by atoms with Gasteiger partial charge in [-0.2, -0.15) is 0 Å². The fraction of sp³-hybridized carbons (Fsp3) is 0.353. The van der Waals surface area contributed by atoms with Gasteiger partial charge in [-0.15, -0.1) is 0 Å². The summed E-state index contributed by atoms with van der Waals surface area (Å²) in [6.45, 7) is 3.83. The normalized spacial score (nSPS) is 14.1. The second-order valence-corrected chi connectivity index (χ2v) is 5.59. The molecule has 2 atom stereocenters. The minimum atomic E-state index is -0.334. The van der Waals surface area contributed by atoms with Crippen LogP contribution in [0, 0.1) is 11.7 Å². The summed E-state index contributed by atoms with van der Waals surface area (Å²) in [5.41, 5.74) is 8.23.